The number of aryl methyl sites for hydroxylation is 1. The molecule has 0 aromatic heterocycles. The largest absolute Gasteiger partial charge is 0.493 e. The molecule has 0 amide bonds. The van der Waals surface area contributed by atoms with E-state index in [1.165, 1.54) is 12.1 Å². The molecular weight excluding hydrogens is 238 g/mol. The predicted molar refractivity (Wildman–Crippen MR) is 64.8 cm³/mol. The summed E-state index contributed by atoms with van der Waals surface area (Å²) in [5, 5.41) is 19.1. The summed E-state index contributed by atoms with van der Waals surface area (Å²) in [6.07, 6.45) is 1.25. The van der Waals surface area contributed by atoms with Crippen LogP contribution in [0.1, 0.15) is 24.8 Å². The number of aliphatic carboxylic acids is 1. The fourth-order valence-corrected chi connectivity index (χ4v) is 1.42. The Kier molecular flexibility index (Phi) is 5.10. The van der Waals surface area contributed by atoms with E-state index in [2.05, 4.69) is 0 Å². The van der Waals surface area contributed by atoms with E-state index in [0.717, 1.165) is 5.56 Å². The molecule has 1 aromatic carbocycles. The van der Waals surface area contributed by atoms with E-state index >= 15 is 0 Å². The number of nitrogens with zero attached hydrogens (tertiary/aromatic N) is 1. The zero-order valence-electron chi connectivity index (χ0n) is 10.1. The first-order chi connectivity index (χ1) is 8.50. The van der Waals surface area contributed by atoms with Gasteiger partial charge in [0.2, 0.25) is 0 Å². The lowest BCUT2D eigenvalue weighted by Crippen LogP contribution is -2.01. The summed E-state index contributed by atoms with van der Waals surface area (Å²) in [7, 11) is 0. The number of carboxylic acids is 1. The first-order valence-electron chi connectivity index (χ1n) is 5.60. The van der Waals surface area contributed by atoms with Gasteiger partial charge in [0.25, 0.3) is 5.69 Å². The zero-order chi connectivity index (χ0) is 13.5. The van der Waals surface area contributed by atoms with Crippen LogP contribution in [0.3, 0.4) is 0 Å². The lowest BCUT2D eigenvalue weighted by Gasteiger charge is -2.08. The third-order valence-electron chi connectivity index (χ3n) is 2.43. The van der Waals surface area contributed by atoms with Crippen LogP contribution < -0.4 is 4.74 Å². The van der Waals surface area contributed by atoms with Gasteiger partial charge < -0.3 is 9.84 Å². The van der Waals surface area contributed by atoms with Crippen LogP contribution in [0, 0.1) is 17.0 Å². The molecule has 0 heterocycles. The van der Waals surface area contributed by atoms with Crippen LogP contribution in [0.15, 0.2) is 18.2 Å². The molecule has 0 atom stereocenters. The maximum absolute atomic E-state index is 10.6. The van der Waals surface area contributed by atoms with Crippen molar-refractivity contribution in [3.8, 4) is 5.75 Å². The number of nitro benzene ring substituents is 1. The van der Waals surface area contributed by atoms with Crippen LogP contribution in [-0.4, -0.2) is 22.6 Å². The Morgan fingerprint density at radius 2 is 2.17 bits per heavy atom. The van der Waals surface area contributed by atoms with E-state index in [1.54, 1.807) is 13.0 Å². The molecule has 0 unspecified atom stereocenters. The van der Waals surface area contributed by atoms with E-state index in [-0.39, 0.29) is 12.1 Å². The van der Waals surface area contributed by atoms with Gasteiger partial charge in [0.15, 0.2) is 0 Å². The monoisotopic (exact) mass is 253 g/mol. The summed E-state index contributed by atoms with van der Waals surface area (Å²) in [5.74, 6) is -0.360. The predicted octanol–water partition coefficient (Wildman–Crippen LogP) is 2.54. The van der Waals surface area contributed by atoms with Crippen molar-refractivity contribution in [2.75, 3.05) is 6.61 Å². The van der Waals surface area contributed by atoms with E-state index in [9.17, 15) is 14.9 Å². The highest BCUT2D eigenvalue weighted by atomic mass is 16.6. The number of rotatable bonds is 7. The molecule has 0 aliphatic rings. The van der Waals surface area contributed by atoms with Crippen LogP contribution in [0.4, 0.5) is 5.69 Å². The first-order valence-corrected chi connectivity index (χ1v) is 5.60. The number of hydrogen-bond donors (Lipinski definition) is 1. The molecule has 1 N–H and O–H groups in total. The molecule has 0 fully saturated rings. The molecule has 0 radical (unpaired) electrons. The Bertz CT molecular complexity index is 444. The average Bonchev–Trinajstić information content (AvgIpc) is 2.30. The minimum atomic E-state index is -0.832. The van der Waals surface area contributed by atoms with Crippen molar-refractivity contribution in [3.63, 3.8) is 0 Å². The van der Waals surface area contributed by atoms with E-state index in [1.807, 2.05) is 0 Å². The quantitative estimate of drug-likeness (QED) is 0.458. The molecule has 1 rings (SSSR count). The summed E-state index contributed by atoms with van der Waals surface area (Å²) < 4.78 is 5.41. The molecule has 0 aliphatic carbocycles. The highest BCUT2D eigenvalue weighted by molar-refractivity contribution is 5.66. The summed E-state index contributed by atoms with van der Waals surface area (Å²) in [4.78, 5) is 20.4. The Labute approximate surface area is 104 Å². The second-order valence-corrected chi connectivity index (χ2v) is 3.91. The zero-order valence-corrected chi connectivity index (χ0v) is 10.1. The topological polar surface area (TPSA) is 89.7 Å². The number of carboxylic acid groups (broad SMARTS) is 1. The van der Waals surface area contributed by atoms with E-state index < -0.39 is 10.9 Å². The van der Waals surface area contributed by atoms with Crippen molar-refractivity contribution < 1.29 is 19.6 Å². The lowest BCUT2D eigenvalue weighted by molar-refractivity contribution is -0.384. The van der Waals surface area contributed by atoms with Crippen molar-refractivity contribution in [1.29, 1.82) is 0 Å². The van der Waals surface area contributed by atoms with Gasteiger partial charge in [0.05, 0.1) is 17.6 Å². The molecular formula is C12H15NO5. The molecule has 6 heteroatoms. The highest BCUT2D eigenvalue weighted by Crippen LogP contribution is 2.24. The second kappa shape index (κ2) is 6.58. The van der Waals surface area contributed by atoms with Crippen molar-refractivity contribution >= 4 is 11.7 Å². The summed E-state index contributed by atoms with van der Waals surface area (Å²) in [6.45, 7) is 2.16. The van der Waals surface area contributed by atoms with Gasteiger partial charge in [-0.3, -0.25) is 14.9 Å². The van der Waals surface area contributed by atoms with Gasteiger partial charge in [-0.1, -0.05) is 0 Å². The second-order valence-electron chi connectivity index (χ2n) is 3.91. The number of non-ortho nitro benzene ring substituents is 1. The minimum Gasteiger partial charge on any atom is -0.493 e. The van der Waals surface area contributed by atoms with Gasteiger partial charge >= 0.3 is 5.97 Å². The SMILES string of the molecule is Cc1ccc([N+](=O)[O-])cc1OCCCCC(=O)O. The summed E-state index contributed by atoms with van der Waals surface area (Å²) in [6, 6.07) is 4.43. The number of nitro groups is 1. The van der Waals surface area contributed by atoms with Crippen LogP contribution in [-0.2, 0) is 4.79 Å². The minimum absolute atomic E-state index is 0.0128. The van der Waals surface area contributed by atoms with Crippen LogP contribution in [0.5, 0.6) is 5.75 Å². The van der Waals surface area contributed by atoms with Gasteiger partial charge in [0, 0.05) is 12.5 Å². The van der Waals surface area contributed by atoms with Crippen molar-refractivity contribution in [1.82, 2.24) is 0 Å². The number of carbonyl (C=O) groups is 1. The standard InChI is InChI=1S/C12H15NO5/c1-9-5-6-10(13(16)17)8-11(9)18-7-3-2-4-12(14)15/h5-6,8H,2-4,7H2,1H3,(H,14,15). The molecule has 98 valence electrons. The molecule has 0 bridgehead atoms. The van der Waals surface area contributed by atoms with E-state index in [4.69, 9.17) is 9.84 Å². The molecule has 0 aliphatic heterocycles. The molecule has 1 aromatic rings. The highest BCUT2D eigenvalue weighted by Gasteiger charge is 2.09. The molecule has 0 saturated heterocycles. The Balaban J connectivity index is 2.48. The smallest absolute Gasteiger partial charge is 0.303 e. The van der Waals surface area contributed by atoms with Crippen molar-refractivity contribution in [2.24, 2.45) is 0 Å². The molecule has 6 nitrogen and oxygen atoms in total. The van der Waals surface area contributed by atoms with Crippen molar-refractivity contribution in [3.05, 3.63) is 33.9 Å². The van der Waals surface area contributed by atoms with Crippen LogP contribution >= 0.6 is 0 Å². The number of benzene rings is 1. The average molecular weight is 253 g/mol. The Morgan fingerprint density at radius 1 is 1.44 bits per heavy atom. The third kappa shape index (κ3) is 4.40. The normalized spacial score (nSPS) is 10.1. The lowest BCUT2D eigenvalue weighted by atomic mass is 10.2. The Hall–Kier alpha value is -2.11. The van der Waals surface area contributed by atoms with E-state index in [0.29, 0.717) is 25.2 Å². The number of unbranched alkanes of at least 4 members (excludes halogenated alkanes) is 1. The van der Waals surface area contributed by atoms with Gasteiger partial charge in [-0.05, 0) is 31.4 Å². The van der Waals surface area contributed by atoms with Crippen molar-refractivity contribution in [2.45, 2.75) is 26.2 Å². The fraction of sp³-hybridized carbons (Fsp3) is 0.417. The number of ether oxygens (including phenoxy) is 1. The fourth-order valence-electron chi connectivity index (χ4n) is 1.42. The van der Waals surface area contributed by atoms with Crippen LogP contribution in [0.25, 0.3) is 0 Å². The maximum atomic E-state index is 10.6. The summed E-state index contributed by atoms with van der Waals surface area (Å²) in [5.41, 5.74) is 0.806. The van der Waals surface area contributed by atoms with Crippen LogP contribution in [0.2, 0.25) is 0 Å². The molecule has 0 spiro atoms. The molecule has 18 heavy (non-hydrogen) atoms. The third-order valence-corrected chi connectivity index (χ3v) is 2.43. The molecule has 0 saturated carbocycles. The van der Waals surface area contributed by atoms with Gasteiger partial charge in [-0.2, -0.15) is 0 Å². The maximum Gasteiger partial charge on any atom is 0.303 e. The van der Waals surface area contributed by atoms with Gasteiger partial charge in [-0.15, -0.1) is 0 Å². The van der Waals surface area contributed by atoms with Gasteiger partial charge in [0.1, 0.15) is 5.75 Å². The first kappa shape index (κ1) is 14.0. The number of hydrogen-bond acceptors (Lipinski definition) is 4. The Morgan fingerprint density at radius 3 is 2.78 bits per heavy atom. The van der Waals surface area contributed by atoms with Gasteiger partial charge in [-0.25, -0.2) is 0 Å². The summed E-state index contributed by atoms with van der Waals surface area (Å²) >= 11 is 0.